The first kappa shape index (κ1) is 18.2. The maximum atomic E-state index is 12.3. The number of furan rings is 1. The first-order valence-corrected chi connectivity index (χ1v) is 10.2. The van der Waals surface area contributed by atoms with E-state index in [1.807, 2.05) is 37.3 Å². The average molecular weight is 402 g/mol. The number of carbonyl (C=O) groups excluding carboxylic acids is 1. The highest BCUT2D eigenvalue weighted by Crippen LogP contribution is 2.32. The van der Waals surface area contributed by atoms with E-state index in [4.69, 9.17) is 16.0 Å². The summed E-state index contributed by atoms with van der Waals surface area (Å²) in [4.78, 5) is 19.6. The Morgan fingerprint density at radius 2 is 2.04 bits per heavy atom. The van der Waals surface area contributed by atoms with Crippen molar-refractivity contribution in [2.24, 2.45) is 4.99 Å². The molecule has 2 aliphatic rings. The first-order chi connectivity index (χ1) is 13.1. The van der Waals surface area contributed by atoms with Crippen LogP contribution in [0.4, 0.5) is 11.6 Å². The standard InChI is InChI=1S/C20H20ClN3O2S/c1-13-15(21)6-5-7-16(13)22-20-23-19(25)17(27-20)12-14-8-9-18(26-14)24-10-3-2-4-11-24/h5-9,12H,2-4,10-11H2,1H3,(H,22,23,25). The third-order valence-corrected chi connectivity index (χ3v) is 5.98. The number of nitrogens with one attached hydrogen (secondary N) is 1. The van der Waals surface area contributed by atoms with E-state index >= 15 is 0 Å². The lowest BCUT2D eigenvalue weighted by atomic mass is 10.1. The summed E-state index contributed by atoms with van der Waals surface area (Å²) in [5.74, 6) is 1.37. The van der Waals surface area contributed by atoms with E-state index in [0.29, 0.717) is 20.9 Å². The van der Waals surface area contributed by atoms with Crippen molar-refractivity contribution in [1.29, 1.82) is 0 Å². The Balaban J connectivity index is 1.51. The number of carbonyl (C=O) groups is 1. The van der Waals surface area contributed by atoms with E-state index in [-0.39, 0.29) is 5.91 Å². The molecule has 1 amide bonds. The van der Waals surface area contributed by atoms with Gasteiger partial charge in [0.05, 0.1) is 10.6 Å². The van der Waals surface area contributed by atoms with Gasteiger partial charge in [-0.2, -0.15) is 0 Å². The van der Waals surface area contributed by atoms with E-state index in [1.54, 1.807) is 6.08 Å². The number of halogens is 1. The molecule has 1 aromatic carbocycles. The van der Waals surface area contributed by atoms with Gasteiger partial charge in [0.2, 0.25) is 0 Å². The van der Waals surface area contributed by atoms with Crippen LogP contribution in [0, 0.1) is 6.92 Å². The fourth-order valence-electron chi connectivity index (χ4n) is 3.14. The van der Waals surface area contributed by atoms with Gasteiger partial charge in [-0.05, 0) is 61.7 Å². The van der Waals surface area contributed by atoms with Gasteiger partial charge in [0.1, 0.15) is 5.76 Å². The van der Waals surface area contributed by atoms with Crippen molar-refractivity contribution in [2.75, 3.05) is 18.0 Å². The van der Waals surface area contributed by atoms with Gasteiger partial charge in [-0.15, -0.1) is 0 Å². The highest BCUT2D eigenvalue weighted by Gasteiger charge is 2.25. The maximum Gasteiger partial charge on any atom is 0.264 e. The molecule has 0 bridgehead atoms. The number of amidine groups is 1. The highest BCUT2D eigenvalue weighted by atomic mass is 35.5. The van der Waals surface area contributed by atoms with Gasteiger partial charge >= 0.3 is 0 Å². The van der Waals surface area contributed by atoms with E-state index in [1.165, 1.54) is 31.0 Å². The summed E-state index contributed by atoms with van der Waals surface area (Å²) in [5.41, 5.74) is 1.63. The zero-order chi connectivity index (χ0) is 18.8. The summed E-state index contributed by atoms with van der Waals surface area (Å²) in [6, 6.07) is 9.42. The number of aliphatic imine (C=N–C) groups is 1. The molecular formula is C20H20ClN3O2S. The van der Waals surface area contributed by atoms with E-state index < -0.39 is 0 Å². The molecule has 2 fully saturated rings. The van der Waals surface area contributed by atoms with Crippen LogP contribution in [0.25, 0.3) is 6.08 Å². The first-order valence-electron chi connectivity index (χ1n) is 8.99. The minimum atomic E-state index is -0.172. The van der Waals surface area contributed by atoms with Crippen molar-refractivity contribution < 1.29 is 9.21 Å². The zero-order valence-corrected chi connectivity index (χ0v) is 16.6. The quantitative estimate of drug-likeness (QED) is 0.725. The van der Waals surface area contributed by atoms with Crippen LogP contribution in [-0.4, -0.2) is 24.2 Å². The van der Waals surface area contributed by atoms with Gasteiger partial charge in [-0.3, -0.25) is 4.79 Å². The molecule has 27 heavy (non-hydrogen) atoms. The van der Waals surface area contributed by atoms with Crippen molar-refractivity contribution in [1.82, 2.24) is 5.32 Å². The third-order valence-electron chi connectivity index (χ3n) is 4.67. The normalized spacial score (nSPS) is 20.5. The van der Waals surface area contributed by atoms with Crippen molar-refractivity contribution in [3.05, 3.63) is 51.6 Å². The summed E-state index contributed by atoms with van der Waals surface area (Å²) < 4.78 is 5.92. The smallest absolute Gasteiger partial charge is 0.264 e. The minimum absolute atomic E-state index is 0.172. The Bertz CT molecular complexity index is 929. The lowest BCUT2D eigenvalue weighted by Crippen LogP contribution is -2.28. The molecule has 0 atom stereocenters. The molecule has 5 nitrogen and oxygen atoms in total. The second-order valence-electron chi connectivity index (χ2n) is 6.59. The molecule has 1 N–H and O–H groups in total. The fourth-order valence-corrected chi connectivity index (χ4v) is 4.12. The second-order valence-corrected chi connectivity index (χ2v) is 8.03. The molecule has 2 saturated heterocycles. The second kappa shape index (κ2) is 7.82. The summed E-state index contributed by atoms with van der Waals surface area (Å²) in [5, 5.41) is 4.00. The Morgan fingerprint density at radius 3 is 2.85 bits per heavy atom. The number of benzene rings is 1. The lowest BCUT2D eigenvalue weighted by molar-refractivity contribution is -0.115. The van der Waals surface area contributed by atoms with Crippen molar-refractivity contribution in [3.8, 4) is 0 Å². The maximum absolute atomic E-state index is 12.3. The van der Waals surface area contributed by atoms with Crippen LogP contribution >= 0.6 is 23.4 Å². The number of hydrogen-bond acceptors (Lipinski definition) is 5. The van der Waals surface area contributed by atoms with Gasteiger partial charge in [0.25, 0.3) is 5.91 Å². The number of thioether (sulfide) groups is 1. The largest absolute Gasteiger partial charge is 0.441 e. The number of nitrogens with zero attached hydrogens (tertiary/aromatic N) is 2. The van der Waals surface area contributed by atoms with Crippen LogP contribution in [0.5, 0.6) is 0 Å². The molecule has 0 saturated carbocycles. The van der Waals surface area contributed by atoms with Crippen LogP contribution in [0.2, 0.25) is 5.02 Å². The monoisotopic (exact) mass is 401 g/mol. The lowest BCUT2D eigenvalue weighted by Gasteiger charge is -2.25. The Kier molecular flexibility index (Phi) is 5.27. The predicted molar refractivity (Wildman–Crippen MR) is 112 cm³/mol. The molecule has 2 aliphatic heterocycles. The Morgan fingerprint density at radius 1 is 1.22 bits per heavy atom. The molecule has 7 heteroatoms. The van der Waals surface area contributed by atoms with Gasteiger partial charge in [0, 0.05) is 30.3 Å². The highest BCUT2D eigenvalue weighted by molar-refractivity contribution is 8.18. The summed E-state index contributed by atoms with van der Waals surface area (Å²) in [6.45, 7) is 3.95. The van der Waals surface area contributed by atoms with Crippen molar-refractivity contribution in [3.63, 3.8) is 0 Å². The third kappa shape index (κ3) is 4.06. The van der Waals surface area contributed by atoms with Gasteiger partial charge in [-0.25, -0.2) is 4.99 Å². The van der Waals surface area contributed by atoms with E-state index in [2.05, 4.69) is 15.2 Å². The van der Waals surface area contributed by atoms with E-state index in [0.717, 1.165) is 30.2 Å². The van der Waals surface area contributed by atoms with Crippen LogP contribution in [-0.2, 0) is 4.79 Å². The molecule has 2 aromatic rings. The average Bonchev–Trinajstić information content (AvgIpc) is 3.27. The Labute approximate surface area is 167 Å². The predicted octanol–water partition coefficient (Wildman–Crippen LogP) is 5.12. The molecule has 0 unspecified atom stereocenters. The van der Waals surface area contributed by atoms with Crippen LogP contribution in [0.15, 0.2) is 44.6 Å². The molecule has 3 heterocycles. The van der Waals surface area contributed by atoms with Gasteiger partial charge < -0.3 is 14.6 Å². The molecule has 0 radical (unpaired) electrons. The molecule has 140 valence electrons. The molecule has 0 spiro atoms. The zero-order valence-electron chi connectivity index (χ0n) is 15.0. The van der Waals surface area contributed by atoms with Crippen molar-refractivity contribution >= 4 is 52.1 Å². The Hall–Kier alpha value is -2.18. The SMILES string of the molecule is Cc1c(Cl)cccc1N=C1NC(=O)C(=Cc2ccc(N3CCCCC3)o2)S1. The molecule has 0 aliphatic carbocycles. The van der Waals surface area contributed by atoms with Crippen LogP contribution in [0.1, 0.15) is 30.6 Å². The number of anilines is 1. The number of rotatable bonds is 3. The number of hydrogen-bond donors (Lipinski definition) is 1. The number of amides is 1. The minimum Gasteiger partial charge on any atom is -0.441 e. The van der Waals surface area contributed by atoms with Crippen LogP contribution in [0.3, 0.4) is 0 Å². The molecular weight excluding hydrogens is 382 g/mol. The summed E-state index contributed by atoms with van der Waals surface area (Å²) in [7, 11) is 0. The topological polar surface area (TPSA) is 57.8 Å². The number of piperidine rings is 1. The van der Waals surface area contributed by atoms with Crippen molar-refractivity contribution in [2.45, 2.75) is 26.2 Å². The van der Waals surface area contributed by atoms with E-state index in [9.17, 15) is 4.79 Å². The van der Waals surface area contributed by atoms with Gasteiger partial charge in [-0.1, -0.05) is 17.7 Å². The summed E-state index contributed by atoms with van der Waals surface area (Å²) in [6.07, 6.45) is 5.43. The fraction of sp³-hybridized carbons (Fsp3) is 0.300. The van der Waals surface area contributed by atoms with Crippen LogP contribution < -0.4 is 10.2 Å². The van der Waals surface area contributed by atoms with Gasteiger partial charge in [0.15, 0.2) is 11.1 Å². The molecule has 1 aromatic heterocycles. The summed E-state index contributed by atoms with van der Waals surface area (Å²) >= 11 is 7.44. The molecule has 4 rings (SSSR count).